The van der Waals surface area contributed by atoms with Crippen molar-refractivity contribution in [2.45, 2.75) is 38.6 Å². The number of anilines is 1. The van der Waals surface area contributed by atoms with Gasteiger partial charge in [-0.2, -0.15) is 0 Å². The Morgan fingerprint density at radius 2 is 1.88 bits per heavy atom. The first-order valence-corrected chi connectivity index (χ1v) is 11.8. The summed E-state index contributed by atoms with van der Waals surface area (Å²) < 4.78 is 18.6. The maximum atomic E-state index is 12.6. The number of benzene rings is 2. The fourth-order valence-corrected chi connectivity index (χ4v) is 4.03. The normalized spacial score (nSPS) is 11.6. The molecule has 0 spiro atoms. The van der Waals surface area contributed by atoms with Crippen molar-refractivity contribution in [2.24, 2.45) is 0 Å². The summed E-state index contributed by atoms with van der Waals surface area (Å²) in [5, 5.41) is 12.1. The Morgan fingerprint density at radius 1 is 1.12 bits per heavy atom. The fraction of sp³-hybridized carbons (Fsp3) is 0.320. The Balaban J connectivity index is 1.68. The molecule has 0 aliphatic rings. The highest BCUT2D eigenvalue weighted by molar-refractivity contribution is 7.99. The fourth-order valence-electron chi connectivity index (χ4n) is 3.27. The van der Waals surface area contributed by atoms with Gasteiger partial charge in [-0.3, -0.25) is 9.36 Å². The summed E-state index contributed by atoms with van der Waals surface area (Å²) in [6, 6.07) is 11.2. The molecular weight excluding hydrogens is 452 g/mol. The smallest absolute Gasteiger partial charge is 0.234 e. The number of hydrogen-bond donors (Lipinski definition) is 1. The minimum absolute atomic E-state index is 0.150. The topological polar surface area (TPSA) is 87.5 Å². The molecule has 0 radical (unpaired) electrons. The number of nitrogens with one attached hydrogen (secondary N) is 1. The number of amides is 1. The van der Waals surface area contributed by atoms with Crippen LogP contribution in [0.5, 0.6) is 17.2 Å². The van der Waals surface area contributed by atoms with E-state index in [4.69, 9.17) is 14.2 Å². The predicted molar refractivity (Wildman–Crippen MR) is 134 cm³/mol. The standard InChI is InChI=1S/C25H30N4O4S/c1-7-12-29-24(18(4)33-20-9-8-16(2)17(3)13-20)27-28-25(29)34-15-23(30)26-21-11-10-19(31-5)14-22(21)32-6/h7-11,13-14,18H,1,12,15H2,2-6H3,(H,26,30). The second-order valence-electron chi connectivity index (χ2n) is 7.65. The average Bonchev–Trinajstić information content (AvgIpc) is 3.23. The Bertz CT molecular complexity index is 1160. The van der Waals surface area contributed by atoms with Crippen LogP contribution in [0.4, 0.5) is 5.69 Å². The maximum absolute atomic E-state index is 12.6. The molecular formula is C25H30N4O4S. The highest BCUT2D eigenvalue weighted by Crippen LogP contribution is 2.30. The van der Waals surface area contributed by atoms with E-state index in [2.05, 4.69) is 29.0 Å². The molecule has 0 aliphatic heterocycles. The van der Waals surface area contributed by atoms with Gasteiger partial charge in [0.2, 0.25) is 5.91 Å². The van der Waals surface area contributed by atoms with Gasteiger partial charge in [-0.25, -0.2) is 0 Å². The SMILES string of the molecule is C=CCn1c(SCC(=O)Nc2ccc(OC)cc2OC)nnc1C(C)Oc1ccc(C)c(C)c1. The molecule has 0 aliphatic carbocycles. The van der Waals surface area contributed by atoms with Gasteiger partial charge < -0.3 is 19.5 Å². The number of ether oxygens (including phenoxy) is 3. The largest absolute Gasteiger partial charge is 0.497 e. The van der Waals surface area contributed by atoms with E-state index in [-0.39, 0.29) is 17.8 Å². The van der Waals surface area contributed by atoms with Crippen LogP contribution < -0.4 is 19.5 Å². The number of nitrogens with zero attached hydrogens (tertiary/aromatic N) is 3. The maximum Gasteiger partial charge on any atom is 0.234 e. The van der Waals surface area contributed by atoms with E-state index >= 15 is 0 Å². The van der Waals surface area contributed by atoms with Gasteiger partial charge in [-0.15, -0.1) is 16.8 Å². The first-order valence-electron chi connectivity index (χ1n) is 10.8. The zero-order valence-electron chi connectivity index (χ0n) is 20.1. The van der Waals surface area contributed by atoms with E-state index in [9.17, 15) is 4.79 Å². The van der Waals surface area contributed by atoms with Crippen LogP contribution in [0.2, 0.25) is 0 Å². The van der Waals surface area contributed by atoms with Crippen molar-refractivity contribution in [2.75, 3.05) is 25.3 Å². The molecule has 3 aromatic rings. The van der Waals surface area contributed by atoms with E-state index in [1.165, 1.54) is 17.3 Å². The van der Waals surface area contributed by atoms with Gasteiger partial charge in [0.25, 0.3) is 0 Å². The van der Waals surface area contributed by atoms with Crippen LogP contribution in [-0.2, 0) is 11.3 Å². The van der Waals surface area contributed by atoms with Crippen molar-refractivity contribution in [3.63, 3.8) is 0 Å². The van der Waals surface area contributed by atoms with Crippen molar-refractivity contribution in [3.05, 3.63) is 66.0 Å². The number of rotatable bonds is 11. The summed E-state index contributed by atoms with van der Waals surface area (Å²) in [6.07, 6.45) is 1.43. The Labute approximate surface area is 204 Å². The number of aromatic nitrogens is 3. The van der Waals surface area contributed by atoms with E-state index in [0.29, 0.717) is 34.7 Å². The van der Waals surface area contributed by atoms with Crippen LogP contribution in [0, 0.1) is 13.8 Å². The van der Waals surface area contributed by atoms with Gasteiger partial charge in [0.15, 0.2) is 17.1 Å². The molecule has 1 heterocycles. The molecule has 1 atom stereocenters. The minimum Gasteiger partial charge on any atom is -0.497 e. The minimum atomic E-state index is -0.332. The highest BCUT2D eigenvalue weighted by Gasteiger charge is 2.20. The molecule has 2 aromatic carbocycles. The summed E-state index contributed by atoms with van der Waals surface area (Å²) in [5.74, 6) is 2.56. The number of thioether (sulfide) groups is 1. The van der Waals surface area contributed by atoms with Crippen molar-refractivity contribution in [3.8, 4) is 17.2 Å². The molecule has 0 saturated carbocycles. The van der Waals surface area contributed by atoms with Crippen molar-refractivity contribution < 1.29 is 19.0 Å². The lowest BCUT2D eigenvalue weighted by atomic mass is 10.1. The first kappa shape index (κ1) is 25.2. The van der Waals surface area contributed by atoms with Crippen LogP contribution in [0.15, 0.2) is 54.2 Å². The van der Waals surface area contributed by atoms with Crippen LogP contribution in [0.25, 0.3) is 0 Å². The molecule has 1 amide bonds. The molecule has 3 rings (SSSR count). The molecule has 34 heavy (non-hydrogen) atoms. The zero-order valence-corrected chi connectivity index (χ0v) is 20.9. The quantitative estimate of drug-likeness (QED) is 0.305. The van der Waals surface area contributed by atoms with Gasteiger partial charge in [-0.05, 0) is 56.2 Å². The second-order valence-corrected chi connectivity index (χ2v) is 8.59. The predicted octanol–water partition coefficient (Wildman–Crippen LogP) is 4.97. The summed E-state index contributed by atoms with van der Waals surface area (Å²) in [5.41, 5.74) is 2.93. The highest BCUT2D eigenvalue weighted by atomic mass is 32.2. The molecule has 1 N–H and O–H groups in total. The summed E-state index contributed by atoms with van der Waals surface area (Å²) in [6.45, 7) is 10.4. The second kappa shape index (κ2) is 11.6. The number of hydrogen-bond acceptors (Lipinski definition) is 7. The van der Waals surface area contributed by atoms with Crippen LogP contribution >= 0.6 is 11.8 Å². The lowest BCUT2D eigenvalue weighted by molar-refractivity contribution is -0.113. The van der Waals surface area contributed by atoms with Crippen LogP contribution in [0.1, 0.15) is 30.0 Å². The van der Waals surface area contributed by atoms with E-state index < -0.39 is 0 Å². The van der Waals surface area contributed by atoms with Gasteiger partial charge >= 0.3 is 0 Å². The summed E-state index contributed by atoms with van der Waals surface area (Å²) >= 11 is 1.29. The molecule has 8 nitrogen and oxygen atoms in total. The van der Waals surface area contributed by atoms with Crippen LogP contribution in [0.3, 0.4) is 0 Å². The lowest BCUT2D eigenvalue weighted by Crippen LogP contribution is -2.16. The van der Waals surface area contributed by atoms with E-state index in [1.54, 1.807) is 38.5 Å². The zero-order chi connectivity index (χ0) is 24.7. The Hall–Kier alpha value is -3.46. The van der Waals surface area contributed by atoms with Gasteiger partial charge in [0.1, 0.15) is 17.2 Å². The van der Waals surface area contributed by atoms with Gasteiger partial charge in [0.05, 0.1) is 25.7 Å². The molecule has 1 unspecified atom stereocenters. The molecule has 9 heteroatoms. The third-order valence-corrected chi connectivity index (χ3v) is 6.19. The number of carbonyl (C=O) groups excluding carboxylic acids is 1. The number of carbonyl (C=O) groups is 1. The van der Waals surface area contributed by atoms with Gasteiger partial charge in [0, 0.05) is 12.6 Å². The van der Waals surface area contributed by atoms with Crippen molar-refractivity contribution >= 4 is 23.4 Å². The number of methoxy groups -OCH3 is 2. The van der Waals surface area contributed by atoms with Crippen molar-refractivity contribution in [1.29, 1.82) is 0 Å². The summed E-state index contributed by atoms with van der Waals surface area (Å²) in [7, 11) is 3.12. The molecule has 0 saturated heterocycles. The third kappa shape index (κ3) is 6.11. The first-order chi connectivity index (χ1) is 16.4. The third-order valence-electron chi connectivity index (χ3n) is 5.23. The Kier molecular flexibility index (Phi) is 8.59. The molecule has 180 valence electrons. The van der Waals surface area contributed by atoms with Crippen LogP contribution in [-0.4, -0.2) is 40.6 Å². The van der Waals surface area contributed by atoms with Gasteiger partial charge in [-0.1, -0.05) is 23.9 Å². The molecule has 1 aromatic heterocycles. The monoisotopic (exact) mass is 482 g/mol. The van der Waals surface area contributed by atoms with E-state index in [0.717, 1.165) is 11.3 Å². The number of allylic oxidation sites excluding steroid dienone is 1. The number of aryl methyl sites for hydroxylation is 2. The van der Waals surface area contributed by atoms with Crippen molar-refractivity contribution in [1.82, 2.24) is 14.8 Å². The Morgan fingerprint density at radius 3 is 2.56 bits per heavy atom. The summed E-state index contributed by atoms with van der Waals surface area (Å²) in [4.78, 5) is 12.6. The van der Waals surface area contributed by atoms with E-state index in [1.807, 2.05) is 36.6 Å². The lowest BCUT2D eigenvalue weighted by Gasteiger charge is -2.16. The molecule has 0 fully saturated rings. The molecule has 0 bridgehead atoms. The average molecular weight is 483 g/mol.